The number of aromatic nitrogens is 1. The van der Waals surface area contributed by atoms with Gasteiger partial charge in [-0.25, -0.2) is 4.79 Å². The summed E-state index contributed by atoms with van der Waals surface area (Å²) < 4.78 is 1.77. The highest BCUT2D eigenvalue weighted by atomic mass is 35.5. The average molecular weight is 399 g/mol. The highest BCUT2D eigenvalue weighted by molar-refractivity contribution is 6.34. The third-order valence-corrected chi connectivity index (χ3v) is 6.08. The minimum absolute atomic E-state index is 0.0914. The lowest BCUT2D eigenvalue weighted by Gasteiger charge is -2.28. The molecule has 0 saturated carbocycles. The summed E-state index contributed by atoms with van der Waals surface area (Å²) in [5, 5.41) is 9.66. The molecule has 6 heteroatoms. The molecule has 5 nitrogen and oxygen atoms in total. The highest BCUT2D eigenvalue weighted by Crippen LogP contribution is 2.35. The van der Waals surface area contributed by atoms with Crippen LogP contribution in [0.15, 0.2) is 36.0 Å². The van der Waals surface area contributed by atoms with E-state index in [4.69, 9.17) is 11.6 Å². The van der Waals surface area contributed by atoms with Crippen molar-refractivity contribution in [1.29, 1.82) is 0 Å². The zero-order valence-corrected chi connectivity index (χ0v) is 16.6. The van der Waals surface area contributed by atoms with Gasteiger partial charge in [-0.05, 0) is 56.2 Å². The van der Waals surface area contributed by atoms with E-state index in [1.807, 2.05) is 25.3 Å². The minimum Gasteiger partial charge on any atom is -0.478 e. The van der Waals surface area contributed by atoms with Crippen LogP contribution in [0.2, 0.25) is 5.02 Å². The predicted octanol–water partition coefficient (Wildman–Crippen LogP) is 4.24. The maximum absolute atomic E-state index is 13.4. The van der Waals surface area contributed by atoms with Crippen molar-refractivity contribution >= 4 is 29.2 Å². The van der Waals surface area contributed by atoms with E-state index in [-0.39, 0.29) is 5.91 Å². The lowest BCUT2D eigenvalue weighted by molar-refractivity contribution is -0.132. The normalized spacial score (nSPS) is 16.5. The van der Waals surface area contributed by atoms with Gasteiger partial charge in [0.2, 0.25) is 0 Å². The molecule has 1 aromatic heterocycles. The Morgan fingerprint density at radius 3 is 2.61 bits per heavy atom. The number of rotatable bonds is 3. The van der Waals surface area contributed by atoms with Crippen LogP contribution in [-0.4, -0.2) is 34.6 Å². The number of carbonyl (C=O) groups is 2. The quantitative estimate of drug-likeness (QED) is 0.840. The van der Waals surface area contributed by atoms with E-state index in [9.17, 15) is 14.7 Å². The van der Waals surface area contributed by atoms with E-state index in [0.717, 1.165) is 42.6 Å². The van der Waals surface area contributed by atoms with Gasteiger partial charge in [-0.2, -0.15) is 0 Å². The van der Waals surface area contributed by atoms with Crippen molar-refractivity contribution < 1.29 is 14.7 Å². The van der Waals surface area contributed by atoms with Crippen LogP contribution in [-0.2, 0) is 17.6 Å². The molecule has 0 saturated heterocycles. The van der Waals surface area contributed by atoms with Crippen LogP contribution in [0.1, 0.15) is 46.4 Å². The summed E-state index contributed by atoms with van der Waals surface area (Å²) in [6, 6.07) is 5.51. The number of anilines is 1. The van der Waals surface area contributed by atoms with Crippen molar-refractivity contribution in [2.75, 3.05) is 18.0 Å². The number of fused-ring (bicyclic) bond motifs is 1. The Morgan fingerprint density at radius 1 is 1.14 bits per heavy atom. The molecule has 0 bridgehead atoms. The lowest BCUT2D eigenvalue weighted by atomic mass is 9.96. The number of hydrogen-bond donors (Lipinski definition) is 1. The number of hydrogen-bond acceptors (Lipinski definition) is 3. The van der Waals surface area contributed by atoms with Crippen LogP contribution >= 0.6 is 11.6 Å². The predicted molar refractivity (Wildman–Crippen MR) is 110 cm³/mol. The van der Waals surface area contributed by atoms with Crippen LogP contribution in [0.3, 0.4) is 0 Å². The van der Waals surface area contributed by atoms with Crippen molar-refractivity contribution in [3.8, 4) is 0 Å². The summed E-state index contributed by atoms with van der Waals surface area (Å²) in [7, 11) is 0. The third-order valence-electron chi connectivity index (χ3n) is 5.77. The van der Waals surface area contributed by atoms with E-state index < -0.39 is 5.97 Å². The first kappa shape index (κ1) is 18.8. The molecule has 0 unspecified atom stereocenters. The summed E-state index contributed by atoms with van der Waals surface area (Å²) in [5.41, 5.74) is 5.21. The van der Waals surface area contributed by atoms with Gasteiger partial charge >= 0.3 is 5.97 Å². The number of carboxylic acids is 1. The number of carboxylic acid groups (broad SMARTS) is 1. The number of nitrogens with zero attached hydrogens (tertiary/aromatic N) is 2. The average Bonchev–Trinajstić information content (AvgIpc) is 3.07. The van der Waals surface area contributed by atoms with Crippen molar-refractivity contribution in [1.82, 2.24) is 4.57 Å². The number of carbonyl (C=O) groups excluding carboxylic acids is 1. The van der Waals surface area contributed by atoms with Crippen molar-refractivity contribution in [2.45, 2.75) is 39.0 Å². The Bertz CT molecular complexity index is 970. The minimum atomic E-state index is -0.844. The molecule has 0 fully saturated rings. The number of aliphatic carboxylic acids is 1. The van der Waals surface area contributed by atoms with Gasteiger partial charge in [0.15, 0.2) is 0 Å². The zero-order valence-electron chi connectivity index (χ0n) is 15.9. The van der Waals surface area contributed by atoms with Gasteiger partial charge in [0.25, 0.3) is 5.91 Å². The monoisotopic (exact) mass is 398 g/mol. The molecular weight excluding hydrogens is 376 g/mol. The van der Waals surface area contributed by atoms with Gasteiger partial charge < -0.3 is 10.0 Å². The van der Waals surface area contributed by atoms with Crippen LogP contribution in [0.5, 0.6) is 0 Å². The van der Waals surface area contributed by atoms with E-state index in [2.05, 4.69) is 4.90 Å². The number of halogens is 1. The SMILES string of the molecule is Cc1cccc(Cl)c1C(=O)n1cc(N2CC=C(C(=O)O)CC2)c2c1CCCC2. The van der Waals surface area contributed by atoms with Crippen LogP contribution in [0.25, 0.3) is 0 Å². The van der Waals surface area contributed by atoms with Gasteiger partial charge in [0.05, 0.1) is 16.3 Å². The summed E-state index contributed by atoms with van der Waals surface area (Å²) >= 11 is 6.35. The molecule has 0 radical (unpaired) electrons. The van der Waals surface area contributed by atoms with Crippen molar-refractivity contribution in [2.24, 2.45) is 0 Å². The van der Waals surface area contributed by atoms with Gasteiger partial charge in [-0.1, -0.05) is 29.8 Å². The topological polar surface area (TPSA) is 62.5 Å². The molecular formula is C22H23ClN2O3. The second kappa shape index (κ2) is 7.47. The van der Waals surface area contributed by atoms with Crippen LogP contribution in [0, 0.1) is 6.92 Å². The van der Waals surface area contributed by atoms with Crippen molar-refractivity contribution in [3.05, 3.63) is 63.5 Å². The Morgan fingerprint density at radius 2 is 1.93 bits per heavy atom. The maximum Gasteiger partial charge on any atom is 0.331 e. The molecule has 0 spiro atoms. The molecule has 2 aliphatic rings. The van der Waals surface area contributed by atoms with Gasteiger partial charge in [0.1, 0.15) is 0 Å². The van der Waals surface area contributed by atoms with E-state index in [1.54, 1.807) is 16.7 Å². The first-order valence-corrected chi connectivity index (χ1v) is 10.1. The molecule has 2 heterocycles. The maximum atomic E-state index is 13.4. The number of aryl methyl sites for hydroxylation is 1. The van der Waals surface area contributed by atoms with Gasteiger partial charge in [-0.15, -0.1) is 0 Å². The third kappa shape index (κ3) is 3.24. The second-order valence-corrected chi connectivity index (χ2v) is 7.89. The largest absolute Gasteiger partial charge is 0.478 e. The zero-order chi connectivity index (χ0) is 19.8. The standard InChI is InChI=1S/C22H23ClN2O3/c1-14-5-4-7-17(23)20(14)21(26)25-13-19(16-6-2-3-8-18(16)25)24-11-9-15(10-12-24)22(27)28/h4-5,7,9,13H,2-3,6,8,10-12H2,1H3,(H,27,28). The first-order chi connectivity index (χ1) is 13.5. The molecule has 1 N–H and O–H groups in total. The molecule has 1 aliphatic heterocycles. The summed E-state index contributed by atoms with van der Waals surface area (Å²) in [6.07, 6.45) is 8.20. The molecule has 0 amide bonds. The molecule has 4 rings (SSSR count). The van der Waals surface area contributed by atoms with Gasteiger partial charge in [-0.3, -0.25) is 9.36 Å². The second-order valence-electron chi connectivity index (χ2n) is 7.48. The fourth-order valence-electron chi connectivity index (χ4n) is 4.27. The number of benzene rings is 1. The Hall–Kier alpha value is -2.53. The molecule has 28 heavy (non-hydrogen) atoms. The van der Waals surface area contributed by atoms with Crippen LogP contribution < -0.4 is 4.90 Å². The summed E-state index contributed by atoms with van der Waals surface area (Å²) in [5.74, 6) is -0.935. The molecule has 1 aliphatic carbocycles. The fourth-order valence-corrected chi connectivity index (χ4v) is 4.57. The van der Waals surface area contributed by atoms with Gasteiger partial charge in [0, 0.05) is 30.6 Å². The fraction of sp³-hybridized carbons (Fsp3) is 0.364. The molecule has 146 valence electrons. The molecule has 2 aromatic rings. The summed E-state index contributed by atoms with van der Waals surface area (Å²) in [6.45, 7) is 3.10. The van der Waals surface area contributed by atoms with Crippen molar-refractivity contribution in [3.63, 3.8) is 0 Å². The van der Waals surface area contributed by atoms with E-state index in [1.165, 1.54) is 5.56 Å². The lowest BCUT2D eigenvalue weighted by Crippen LogP contribution is -2.30. The first-order valence-electron chi connectivity index (χ1n) is 9.67. The van der Waals surface area contributed by atoms with Crippen LogP contribution in [0.4, 0.5) is 5.69 Å². The summed E-state index contributed by atoms with van der Waals surface area (Å²) in [4.78, 5) is 26.7. The van der Waals surface area contributed by atoms with E-state index >= 15 is 0 Å². The Kier molecular flexibility index (Phi) is 5.02. The molecule has 0 atom stereocenters. The highest BCUT2D eigenvalue weighted by Gasteiger charge is 2.28. The molecule has 1 aromatic carbocycles. The Balaban J connectivity index is 1.74. The smallest absolute Gasteiger partial charge is 0.331 e. The van der Waals surface area contributed by atoms with E-state index in [0.29, 0.717) is 35.7 Å². The Labute approximate surface area is 169 Å².